The first-order valence-electron chi connectivity index (χ1n) is 10.7. The first kappa shape index (κ1) is 22.8. The van der Waals surface area contributed by atoms with E-state index in [1.165, 1.54) is 4.57 Å². The molecule has 3 aromatic rings. The van der Waals surface area contributed by atoms with E-state index in [2.05, 4.69) is 5.92 Å². The number of rotatable bonds is 9. The van der Waals surface area contributed by atoms with Gasteiger partial charge in [-0.1, -0.05) is 55.8 Å². The first-order valence-corrected chi connectivity index (χ1v) is 10.7. The summed E-state index contributed by atoms with van der Waals surface area (Å²) in [7, 11) is 0. The number of benzene rings is 2. The minimum Gasteiger partial charge on any atom is -0.478 e. The zero-order valence-electron chi connectivity index (χ0n) is 18.1. The van der Waals surface area contributed by atoms with Crippen LogP contribution in [0.4, 0.5) is 0 Å². The lowest BCUT2D eigenvalue weighted by Crippen LogP contribution is -2.29. The van der Waals surface area contributed by atoms with E-state index in [4.69, 9.17) is 6.42 Å². The van der Waals surface area contributed by atoms with Crippen LogP contribution >= 0.6 is 0 Å². The van der Waals surface area contributed by atoms with Gasteiger partial charge in [0.15, 0.2) is 0 Å². The van der Waals surface area contributed by atoms with Crippen LogP contribution in [0.15, 0.2) is 59.5 Å². The highest BCUT2D eigenvalue weighted by Gasteiger charge is 2.16. The molecule has 0 amide bonds. The average Bonchev–Trinajstić information content (AvgIpc) is 3.11. The van der Waals surface area contributed by atoms with E-state index in [-0.39, 0.29) is 17.2 Å². The third-order valence-electron chi connectivity index (χ3n) is 5.36. The number of carboxylic acids is 1. The monoisotopic (exact) mass is 430 g/mol. The fourth-order valence-corrected chi connectivity index (χ4v) is 3.62. The molecule has 0 unspecified atom stereocenters. The lowest BCUT2D eigenvalue weighted by atomic mass is 9.99. The number of hydrogen-bond acceptors (Lipinski definition) is 3. The normalized spacial score (nSPS) is 10.6. The van der Waals surface area contributed by atoms with E-state index in [1.54, 1.807) is 35.0 Å². The summed E-state index contributed by atoms with van der Waals surface area (Å²) < 4.78 is 2.78. The summed E-state index contributed by atoms with van der Waals surface area (Å²) in [6, 6.07) is 14.2. The largest absolute Gasteiger partial charge is 0.478 e. The summed E-state index contributed by atoms with van der Waals surface area (Å²) in [5, 5.41) is 9.43. The lowest BCUT2D eigenvalue weighted by molar-refractivity contribution is 0.0697. The van der Waals surface area contributed by atoms with Crippen LogP contribution in [0.3, 0.4) is 0 Å². The van der Waals surface area contributed by atoms with Crippen molar-refractivity contribution >= 4 is 11.9 Å². The fourth-order valence-electron chi connectivity index (χ4n) is 3.62. The van der Waals surface area contributed by atoms with Crippen LogP contribution in [-0.4, -0.2) is 26.1 Å². The third kappa shape index (κ3) is 5.06. The Morgan fingerprint density at radius 1 is 1.09 bits per heavy atom. The number of nitrogens with zero attached hydrogens (tertiary/aromatic N) is 2. The van der Waals surface area contributed by atoms with Gasteiger partial charge in [0, 0.05) is 31.2 Å². The number of imidazole rings is 1. The van der Waals surface area contributed by atoms with Gasteiger partial charge in [-0.2, -0.15) is 0 Å². The van der Waals surface area contributed by atoms with Crippen molar-refractivity contribution in [3.05, 3.63) is 82.0 Å². The van der Waals surface area contributed by atoms with Crippen molar-refractivity contribution in [1.29, 1.82) is 0 Å². The second-order valence-corrected chi connectivity index (χ2v) is 7.61. The van der Waals surface area contributed by atoms with Gasteiger partial charge in [-0.05, 0) is 29.2 Å². The molecule has 3 rings (SSSR count). The van der Waals surface area contributed by atoms with Gasteiger partial charge >= 0.3 is 11.7 Å². The number of carbonyl (C=O) groups is 2. The number of hydrogen-bond donors (Lipinski definition) is 1. The van der Waals surface area contributed by atoms with Crippen LogP contribution in [0.2, 0.25) is 0 Å². The van der Waals surface area contributed by atoms with E-state index in [0.29, 0.717) is 31.4 Å². The molecule has 32 heavy (non-hydrogen) atoms. The van der Waals surface area contributed by atoms with E-state index >= 15 is 0 Å². The molecule has 0 radical (unpaired) electrons. The first-order chi connectivity index (χ1) is 15.5. The number of carboxylic acid groups (broad SMARTS) is 1. The second-order valence-electron chi connectivity index (χ2n) is 7.61. The summed E-state index contributed by atoms with van der Waals surface area (Å²) in [5.74, 6) is 1.39. The summed E-state index contributed by atoms with van der Waals surface area (Å²) in [6.07, 6.45) is 9.92. The Hall–Kier alpha value is -3.85. The topological polar surface area (TPSA) is 81.3 Å². The maximum Gasteiger partial charge on any atom is 0.336 e. The van der Waals surface area contributed by atoms with Crippen LogP contribution in [0.25, 0.3) is 11.1 Å². The quantitative estimate of drug-likeness (QED) is 0.508. The predicted octanol–water partition coefficient (Wildman–Crippen LogP) is 4.46. The molecule has 0 spiro atoms. The Morgan fingerprint density at radius 2 is 1.81 bits per heavy atom. The molecular formula is C26H26N2O4. The number of terminal acetylenes is 1. The molecule has 0 atom stereocenters. The van der Waals surface area contributed by atoms with Crippen LogP contribution < -0.4 is 5.69 Å². The number of aromatic nitrogens is 2. The van der Waals surface area contributed by atoms with E-state index in [1.807, 2.05) is 31.2 Å². The molecule has 0 aliphatic carbocycles. The zero-order valence-corrected chi connectivity index (χ0v) is 18.1. The smallest absolute Gasteiger partial charge is 0.336 e. The molecule has 0 fully saturated rings. The van der Waals surface area contributed by atoms with Gasteiger partial charge < -0.3 is 5.11 Å². The summed E-state index contributed by atoms with van der Waals surface area (Å²) >= 11 is 0. The van der Waals surface area contributed by atoms with Gasteiger partial charge in [0.1, 0.15) is 0 Å². The maximum atomic E-state index is 13.0. The van der Waals surface area contributed by atoms with Crippen molar-refractivity contribution in [3.63, 3.8) is 0 Å². The van der Waals surface area contributed by atoms with Crippen molar-refractivity contribution in [3.8, 4) is 23.5 Å². The molecule has 0 aliphatic rings. The number of unbranched alkanes of at least 4 members (excludes halogenated alkanes) is 1. The van der Waals surface area contributed by atoms with Crippen molar-refractivity contribution in [2.24, 2.45) is 0 Å². The molecule has 6 heteroatoms. The third-order valence-corrected chi connectivity index (χ3v) is 5.36. The van der Waals surface area contributed by atoms with Crippen LogP contribution in [-0.2, 0) is 13.0 Å². The second kappa shape index (κ2) is 10.5. The molecule has 0 saturated heterocycles. The minimum atomic E-state index is -0.983. The lowest BCUT2D eigenvalue weighted by Gasteiger charge is -2.09. The highest BCUT2D eigenvalue weighted by molar-refractivity contribution is 5.96. The Morgan fingerprint density at radius 3 is 2.47 bits per heavy atom. The van der Waals surface area contributed by atoms with Crippen molar-refractivity contribution < 1.29 is 14.7 Å². The van der Waals surface area contributed by atoms with E-state index < -0.39 is 5.97 Å². The van der Waals surface area contributed by atoms with Crippen molar-refractivity contribution in [2.45, 2.75) is 45.6 Å². The summed E-state index contributed by atoms with van der Waals surface area (Å²) in [4.78, 5) is 36.9. The number of aromatic carboxylic acids is 1. The van der Waals surface area contributed by atoms with Gasteiger partial charge in [-0.25, -0.2) is 14.2 Å². The molecule has 1 heterocycles. The molecule has 0 bridgehead atoms. The fraction of sp³-hybridized carbons (Fsp3) is 0.269. The van der Waals surface area contributed by atoms with Crippen LogP contribution in [0.1, 0.15) is 59.0 Å². The van der Waals surface area contributed by atoms with Gasteiger partial charge in [0.2, 0.25) is 5.91 Å². The number of carbonyl (C=O) groups excluding carboxylic acids is 1. The Bertz CT molecular complexity index is 1210. The predicted molar refractivity (Wildman–Crippen MR) is 124 cm³/mol. The number of aryl methyl sites for hydroxylation is 1. The molecule has 1 aromatic heterocycles. The Kier molecular flexibility index (Phi) is 7.45. The Balaban J connectivity index is 1.90. The van der Waals surface area contributed by atoms with Crippen LogP contribution in [0.5, 0.6) is 0 Å². The van der Waals surface area contributed by atoms with Crippen molar-refractivity contribution in [2.75, 3.05) is 0 Å². The molecular weight excluding hydrogens is 404 g/mol. The zero-order chi connectivity index (χ0) is 23.1. The average molecular weight is 431 g/mol. The molecule has 164 valence electrons. The summed E-state index contributed by atoms with van der Waals surface area (Å²) in [5.41, 5.74) is 2.86. The van der Waals surface area contributed by atoms with Gasteiger partial charge in [-0.15, -0.1) is 12.3 Å². The highest BCUT2D eigenvalue weighted by atomic mass is 16.4. The van der Waals surface area contributed by atoms with Gasteiger partial charge in [0.25, 0.3) is 0 Å². The van der Waals surface area contributed by atoms with Crippen molar-refractivity contribution in [1.82, 2.24) is 9.13 Å². The van der Waals surface area contributed by atoms with Crippen LogP contribution in [0, 0.1) is 12.3 Å². The highest BCUT2D eigenvalue weighted by Crippen LogP contribution is 2.24. The SMILES string of the molecule is C#CCCc1cn(C(=O)CCCC)c(=O)n1Cc1ccc(-c2ccccc2C(=O)O)cc1. The van der Waals surface area contributed by atoms with E-state index in [9.17, 15) is 19.5 Å². The molecule has 1 N–H and O–H groups in total. The Labute approximate surface area is 187 Å². The van der Waals surface area contributed by atoms with Gasteiger partial charge in [-0.3, -0.25) is 9.36 Å². The maximum absolute atomic E-state index is 13.0. The molecule has 0 aliphatic heterocycles. The summed E-state index contributed by atoms with van der Waals surface area (Å²) in [6.45, 7) is 2.30. The molecule has 0 saturated carbocycles. The minimum absolute atomic E-state index is 0.210. The molecule has 6 nitrogen and oxygen atoms in total. The standard InChI is InChI=1S/C26H26N2O4/c1-3-5-9-21-18-28(24(29)12-6-4-2)26(32)27(21)17-19-13-15-20(16-14-19)22-10-7-8-11-23(22)25(30)31/h1,7-8,10-11,13-16,18H,4-6,9,12,17H2,2H3,(H,30,31). The van der Waals surface area contributed by atoms with Gasteiger partial charge in [0.05, 0.1) is 12.1 Å². The molecule has 2 aromatic carbocycles. The van der Waals surface area contributed by atoms with E-state index in [0.717, 1.165) is 29.7 Å².